The first-order valence-corrected chi connectivity index (χ1v) is 8.45. The van der Waals surface area contributed by atoms with Crippen LogP contribution in [0.5, 0.6) is 0 Å². The van der Waals surface area contributed by atoms with Crippen molar-refractivity contribution in [2.45, 2.75) is 12.2 Å². The second kappa shape index (κ2) is 8.11. The summed E-state index contributed by atoms with van der Waals surface area (Å²) in [6, 6.07) is 8.84. The molecule has 2 atom stereocenters. The zero-order chi connectivity index (χ0) is 18.5. The molecule has 0 bridgehead atoms. The van der Waals surface area contributed by atoms with E-state index in [0.717, 1.165) is 0 Å². The predicted molar refractivity (Wildman–Crippen MR) is 95.7 cm³/mol. The van der Waals surface area contributed by atoms with Crippen molar-refractivity contribution in [3.05, 3.63) is 58.6 Å². The molecule has 1 amide bonds. The third-order valence-corrected chi connectivity index (χ3v) is 4.31. The van der Waals surface area contributed by atoms with Crippen molar-refractivity contribution >= 4 is 11.7 Å². The van der Waals surface area contributed by atoms with Crippen LogP contribution in [0.25, 0.3) is 0 Å². The predicted octanol–water partition coefficient (Wildman–Crippen LogP) is 0.153. The minimum atomic E-state index is -1.19. The van der Waals surface area contributed by atoms with Crippen molar-refractivity contribution in [2.75, 3.05) is 31.6 Å². The summed E-state index contributed by atoms with van der Waals surface area (Å²) >= 11 is 0. The lowest BCUT2D eigenvalue weighted by molar-refractivity contribution is -0.147. The van der Waals surface area contributed by atoms with Gasteiger partial charge in [0.05, 0.1) is 12.7 Å². The maximum absolute atomic E-state index is 12.6. The number of nitrogens with zero attached hydrogens (tertiary/aromatic N) is 3. The smallest absolute Gasteiger partial charge is 0.293 e. The molecule has 26 heavy (non-hydrogen) atoms. The van der Waals surface area contributed by atoms with Gasteiger partial charge in [0.15, 0.2) is 11.9 Å². The van der Waals surface area contributed by atoms with E-state index >= 15 is 0 Å². The lowest BCUT2D eigenvalue weighted by atomic mass is 10.1. The highest BCUT2D eigenvalue weighted by Gasteiger charge is 2.29. The van der Waals surface area contributed by atoms with E-state index in [1.54, 1.807) is 42.4 Å². The number of aromatic nitrogens is 2. The second-order valence-corrected chi connectivity index (χ2v) is 6.16. The molecule has 1 aromatic heterocycles. The van der Waals surface area contributed by atoms with Gasteiger partial charge in [-0.05, 0) is 5.56 Å². The number of aliphatic hydroxyl groups excluding tert-OH is 1. The first-order valence-electron chi connectivity index (χ1n) is 8.45. The molecule has 8 nitrogen and oxygen atoms in total. The maximum Gasteiger partial charge on any atom is 0.293 e. The molecule has 0 aliphatic carbocycles. The summed E-state index contributed by atoms with van der Waals surface area (Å²) in [5, 5.41) is 13.3. The lowest BCUT2D eigenvalue weighted by Crippen LogP contribution is -2.49. The molecule has 2 heterocycles. The number of carbonyl (C=O) groups is 1. The molecule has 1 aliphatic rings. The number of aliphatic hydroxyl groups is 1. The van der Waals surface area contributed by atoms with Crippen LogP contribution in [0.2, 0.25) is 0 Å². The number of benzene rings is 1. The Labute approximate surface area is 151 Å². The molecular formula is C18H22N4O4. The molecule has 1 fully saturated rings. The summed E-state index contributed by atoms with van der Waals surface area (Å²) < 4.78 is 7.09. The third kappa shape index (κ3) is 4.09. The largest absolute Gasteiger partial charge is 0.378 e. The van der Waals surface area contributed by atoms with E-state index in [1.807, 2.05) is 6.07 Å². The number of aryl methyl sites for hydroxylation is 1. The molecule has 1 aromatic carbocycles. The van der Waals surface area contributed by atoms with Gasteiger partial charge in [0, 0.05) is 39.1 Å². The minimum Gasteiger partial charge on any atom is -0.378 e. The first-order chi connectivity index (χ1) is 12.6. The van der Waals surface area contributed by atoms with Crippen molar-refractivity contribution in [3.63, 3.8) is 0 Å². The van der Waals surface area contributed by atoms with Crippen molar-refractivity contribution in [2.24, 2.45) is 7.05 Å². The van der Waals surface area contributed by atoms with Gasteiger partial charge in [-0.1, -0.05) is 30.3 Å². The van der Waals surface area contributed by atoms with Gasteiger partial charge in [0.25, 0.3) is 11.5 Å². The van der Waals surface area contributed by atoms with E-state index in [0.29, 0.717) is 31.8 Å². The molecular weight excluding hydrogens is 336 g/mol. The number of carbonyl (C=O) groups excluding carboxylic acids is 1. The molecule has 0 radical (unpaired) electrons. The van der Waals surface area contributed by atoms with Gasteiger partial charge in [-0.25, -0.2) is 4.98 Å². The topological polar surface area (TPSA) is 96.7 Å². The molecule has 2 N–H and O–H groups in total. The fourth-order valence-electron chi connectivity index (χ4n) is 2.82. The molecule has 8 heteroatoms. The van der Waals surface area contributed by atoms with E-state index < -0.39 is 6.10 Å². The summed E-state index contributed by atoms with van der Waals surface area (Å²) in [5.74, 6) is -0.107. The number of nitrogens with one attached hydrogen (secondary N) is 1. The molecule has 1 aliphatic heterocycles. The van der Waals surface area contributed by atoms with Gasteiger partial charge in [0.2, 0.25) is 0 Å². The molecule has 1 saturated heterocycles. The SMILES string of the molecule is Cn1ccnc(NC[C@@H]2CN(C(=O)[C@@H](O)c3ccccc3)CCO2)c1=O. The van der Waals surface area contributed by atoms with E-state index in [1.165, 1.54) is 10.8 Å². The van der Waals surface area contributed by atoms with Crippen LogP contribution >= 0.6 is 0 Å². The number of anilines is 1. The van der Waals surface area contributed by atoms with Crippen LogP contribution < -0.4 is 10.9 Å². The van der Waals surface area contributed by atoms with Crippen LogP contribution in [0, 0.1) is 0 Å². The summed E-state index contributed by atoms with van der Waals surface area (Å²) in [6.07, 6.45) is 1.64. The Hall–Kier alpha value is -2.71. The van der Waals surface area contributed by atoms with Crippen molar-refractivity contribution in [1.29, 1.82) is 0 Å². The van der Waals surface area contributed by atoms with E-state index in [9.17, 15) is 14.7 Å². The van der Waals surface area contributed by atoms with Gasteiger partial charge in [-0.3, -0.25) is 9.59 Å². The van der Waals surface area contributed by atoms with Gasteiger partial charge in [0.1, 0.15) is 0 Å². The van der Waals surface area contributed by atoms with Crippen LogP contribution in [0.1, 0.15) is 11.7 Å². The highest BCUT2D eigenvalue weighted by molar-refractivity contribution is 5.82. The Kier molecular flexibility index (Phi) is 5.65. The maximum atomic E-state index is 12.6. The molecule has 0 spiro atoms. The molecule has 0 unspecified atom stereocenters. The Morgan fingerprint density at radius 2 is 2.19 bits per heavy atom. The molecule has 2 aromatic rings. The van der Waals surface area contributed by atoms with E-state index in [4.69, 9.17) is 4.74 Å². The molecule has 3 rings (SSSR count). The lowest BCUT2D eigenvalue weighted by Gasteiger charge is -2.34. The third-order valence-electron chi connectivity index (χ3n) is 4.31. The van der Waals surface area contributed by atoms with Gasteiger partial charge < -0.3 is 24.6 Å². The second-order valence-electron chi connectivity index (χ2n) is 6.16. The summed E-state index contributed by atoms with van der Waals surface area (Å²) in [5.41, 5.74) is 0.339. The summed E-state index contributed by atoms with van der Waals surface area (Å²) in [4.78, 5) is 30.1. The average Bonchev–Trinajstić information content (AvgIpc) is 2.69. The van der Waals surface area contributed by atoms with Crippen molar-refractivity contribution < 1.29 is 14.6 Å². The first kappa shape index (κ1) is 18.1. The Bertz CT molecular complexity index is 808. The fraction of sp³-hybridized carbons (Fsp3) is 0.389. The molecule has 0 saturated carbocycles. The van der Waals surface area contributed by atoms with Crippen molar-refractivity contribution in [3.8, 4) is 0 Å². The Morgan fingerprint density at radius 3 is 2.96 bits per heavy atom. The monoisotopic (exact) mass is 358 g/mol. The number of amides is 1. The van der Waals surface area contributed by atoms with Crippen molar-refractivity contribution in [1.82, 2.24) is 14.5 Å². The number of ether oxygens (including phenoxy) is 1. The standard InChI is InChI=1S/C18H22N4O4/c1-21-8-7-19-16(18(21)25)20-11-14-12-22(9-10-26-14)17(24)15(23)13-5-3-2-4-6-13/h2-8,14-15,23H,9-12H2,1H3,(H,19,20)/t14-,15+/m1/s1. The molecule has 138 valence electrons. The van der Waals surface area contributed by atoms with Crippen LogP contribution in [-0.2, 0) is 16.6 Å². The number of morpholine rings is 1. The van der Waals surface area contributed by atoms with E-state index in [2.05, 4.69) is 10.3 Å². The van der Waals surface area contributed by atoms with Crippen LogP contribution in [-0.4, -0.2) is 57.8 Å². The Morgan fingerprint density at radius 1 is 1.42 bits per heavy atom. The van der Waals surface area contributed by atoms with Crippen LogP contribution in [0.15, 0.2) is 47.5 Å². The van der Waals surface area contributed by atoms with E-state index in [-0.39, 0.29) is 23.4 Å². The zero-order valence-electron chi connectivity index (χ0n) is 14.5. The number of hydrogen-bond donors (Lipinski definition) is 2. The zero-order valence-corrected chi connectivity index (χ0v) is 14.5. The highest BCUT2D eigenvalue weighted by Crippen LogP contribution is 2.17. The van der Waals surface area contributed by atoms with Crippen LogP contribution in [0.3, 0.4) is 0 Å². The van der Waals surface area contributed by atoms with Crippen LogP contribution in [0.4, 0.5) is 5.82 Å². The number of hydrogen-bond acceptors (Lipinski definition) is 6. The summed E-state index contributed by atoms with van der Waals surface area (Å²) in [6.45, 7) is 1.48. The van der Waals surface area contributed by atoms with Gasteiger partial charge >= 0.3 is 0 Å². The minimum absolute atomic E-state index is 0.226. The quantitative estimate of drug-likeness (QED) is 0.790. The summed E-state index contributed by atoms with van der Waals surface area (Å²) in [7, 11) is 1.65. The highest BCUT2D eigenvalue weighted by atomic mass is 16.5. The average molecular weight is 358 g/mol. The Balaban J connectivity index is 1.59. The van der Waals surface area contributed by atoms with Gasteiger partial charge in [-0.15, -0.1) is 0 Å². The normalized spacial score (nSPS) is 18.4. The van der Waals surface area contributed by atoms with Gasteiger partial charge in [-0.2, -0.15) is 0 Å². The number of rotatable bonds is 5. The fourth-order valence-corrected chi connectivity index (χ4v) is 2.82.